The molecule has 2 aromatic carbocycles. The van der Waals surface area contributed by atoms with E-state index in [0.717, 1.165) is 23.3 Å². The highest BCUT2D eigenvalue weighted by molar-refractivity contribution is 6.07. The van der Waals surface area contributed by atoms with Crippen molar-refractivity contribution in [1.82, 2.24) is 10.3 Å². The van der Waals surface area contributed by atoms with E-state index in [1.165, 1.54) is 17.1 Å². The highest BCUT2D eigenvalue weighted by Crippen LogP contribution is 2.30. The molecule has 0 fully saturated rings. The molecule has 0 aromatic heterocycles. The largest absolute Gasteiger partial charge is 0.352 e. The van der Waals surface area contributed by atoms with Crippen LogP contribution < -0.4 is 5.32 Å². The van der Waals surface area contributed by atoms with E-state index in [1.54, 1.807) is 0 Å². The molecule has 0 bridgehead atoms. The number of hydrogen-bond acceptors (Lipinski definition) is 3. The number of hydrazone groups is 1. The van der Waals surface area contributed by atoms with E-state index in [4.69, 9.17) is 0 Å². The summed E-state index contributed by atoms with van der Waals surface area (Å²) in [5.41, 5.74) is 1.67. The van der Waals surface area contributed by atoms with Gasteiger partial charge in [0.1, 0.15) is 5.82 Å². The van der Waals surface area contributed by atoms with Crippen molar-refractivity contribution < 1.29 is 22.8 Å². The fourth-order valence-electron chi connectivity index (χ4n) is 3.54. The van der Waals surface area contributed by atoms with Gasteiger partial charge in [-0.25, -0.2) is 9.40 Å². The second-order valence-electron chi connectivity index (χ2n) is 7.42. The highest BCUT2D eigenvalue weighted by Gasteiger charge is 2.43. The third-order valence-electron chi connectivity index (χ3n) is 5.36. The number of hydrogen-bond donors (Lipinski definition) is 1. The molecule has 0 radical (unpaired) electrons. The van der Waals surface area contributed by atoms with Crippen LogP contribution >= 0.6 is 0 Å². The maximum Gasteiger partial charge on any atom is 0.352 e. The lowest BCUT2D eigenvalue weighted by atomic mass is 9.97. The van der Waals surface area contributed by atoms with Gasteiger partial charge in [0.25, 0.3) is 11.8 Å². The van der Waals surface area contributed by atoms with Crippen LogP contribution in [0.15, 0.2) is 53.6 Å². The molecule has 0 spiro atoms. The van der Waals surface area contributed by atoms with Crippen molar-refractivity contribution in [1.29, 1.82) is 0 Å². The molecule has 0 saturated carbocycles. The van der Waals surface area contributed by atoms with E-state index in [9.17, 15) is 22.8 Å². The van der Waals surface area contributed by atoms with E-state index in [1.807, 2.05) is 38.1 Å². The SMILES string of the molecule is CCC1=NN(Cc2ccccc2C)C(=O)[C@@H]1CCNC(=O)C(F)(F)c1ccccc1F. The average Bonchev–Trinajstić information content (AvgIpc) is 3.04. The molecule has 5 nitrogen and oxygen atoms in total. The molecule has 2 aromatic rings. The Labute approximate surface area is 178 Å². The number of benzene rings is 2. The Balaban J connectivity index is 1.62. The van der Waals surface area contributed by atoms with Gasteiger partial charge >= 0.3 is 5.92 Å². The summed E-state index contributed by atoms with van der Waals surface area (Å²) in [5.74, 6) is -7.58. The van der Waals surface area contributed by atoms with Crippen LogP contribution in [0.2, 0.25) is 0 Å². The zero-order valence-electron chi connectivity index (χ0n) is 17.4. The zero-order valence-corrected chi connectivity index (χ0v) is 17.4. The summed E-state index contributed by atoms with van der Waals surface area (Å²) in [6, 6.07) is 11.9. The Morgan fingerprint density at radius 1 is 1.16 bits per heavy atom. The zero-order chi connectivity index (χ0) is 22.6. The molecule has 0 unspecified atom stereocenters. The molecule has 1 atom stereocenters. The van der Waals surface area contributed by atoms with Crippen LogP contribution in [-0.4, -0.2) is 29.1 Å². The molecule has 3 rings (SSSR count). The average molecular weight is 431 g/mol. The van der Waals surface area contributed by atoms with Gasteiger partial charge in [-0.05, 0) is 43.0 Å². The Bertz CT molecular complexity index is 1010. The number of nitrogens with one attached hydrogen (secondary N) is 1. The van der Waals surface area contributed by atoms with Gasteiger partial charge in [-0.15, -0.1) is 0 Å². The summed E-state index contributed by atoms with van der Waals surface area (Å²) in [5, 5.41) is 7.92. The Hall–Kier alpha value is -3.16. The Morgan fingerprint density at radius 2 is 1.84 bits per heavy atom. The second-order valence-corrected chi connectivity index (χ2v) is 7.42. The molecular formula is C23H24F3N3O2. The first-order valence-electron chi connectivity index (χ1n) is 10.1. The molecule has 8 heteroatoms. The second kappa shape index (κ2) is 9.32. The molecule has 0 saturated heterocycles. The van der Waals surface area contributed by atoms with Gasteiger partial charge in [-0.1, -0.05) is 43.3 Å². The standard InChI is InChI=1S/C23H24F3N3O2/c1-3-20-17(21(30)29(28-20)14-16-9-5-4-8-15(16)2)12-13-27-22(31)23(25,26)18-10-6-7-11-19(18)24/h4-11,17H,3,12-14H2,1-2H3,(H,27,31)/t17-/m1/s1. The normalized spacial score (nSPS) is 16.4. The topological polar surface area (TPSA) is 61.8 Å². The monoisotopic (exact) mass is 431 g/mol. The lowest BCUT2D eigenvalue weighted by Crippen LogP contribution is -2.40. The van der Waals surface area contributed by atoms with E-state index < -0.39 is 29.1 Å². The maximum absolute atomic E-state index is 14.3. The minimum absolute atomic E-state index is 0.134. The van der Waals surface area contributed by atoms with Crippen molar-refractivity contribution in [2.75, 3.05) is 6.54 Å². The molecule has 1 heterocycles. The summed E-state index contributed by atoms with van der Waals surface area (Å²) >= 11 is 0. The number of rotatable bonds is 8. The predicted octanol–water partition coefficient (Wildman–Crippen LogP) is 4.16. The smallest absolute Gasteiger partial charge is 0.351 e. The molecule has 31 heavy (non-hydrogen) atoms. The lowest BCUT2D eigenvalue weighted by molar-refractivity contribution is -0.147. The highest BCUT2D eigenvalue weighted by atomic mass is 19.3. The molecule has 1 aliphatic heterocycles. The number of carbonyl (C=O) groups is 2. The minimum Gasteiger partial charge on any atom is -0.351 e. The number of alkyl halides is 2. The van der Waals surface area contributed by atoms with Crippen LogP contribution in [0.3, 0.4) is 0 Å². The minimum atomic E-state index is -4.01. The van der Waals surface area contributed by atoms with E-state index in [2.05, 4.69) is 10.4 Å². The number of amides is 2. The summed E-state index contributed by atoms with van der Waals surface area (Å²) in [6.45, 7) is 3.98. The predicted molar refractivity (Wildman–Crippen MR) is 111 cm³/mol. The van der Waals surface area contributed by atoms with Crippen molar-refractivity contribution >= 4 is 17.5 Å². The quantitative estimate of drug-likeness (QED) is 0.682. The molecule has 2 amide bonds. The van der Waals surface area contributed by atoms with Crippen LogP contribution in [-0.2, 0) is 22.1 Å². The van der Waals surface area contributed by atoms with Gasteiger partial charge in [0.2, 0.25) is 0 Å². The molecular weight excluding hydrogens is 407 g/mol. The summed E-state index contributed by atoms with van der Waals surface area (Å²) in [6.07, 6.45) is 0.662. The molecule has 1 aliphatic rings. The molecule has 164 valence electrons. The number of nitrogens with zero attached hydrogens (tertiary/aromatic N) is 2. The third-order valence-corrected chi connectivity index (χ3v) is 5.36. The van der Waals surface area contributed by atoms with Gasteiger partial charge in [-0.2, -0.15) is 13.9 Å². The first-order chi connectivity index (χ1) is 14.8. The van der Waals surface area contributed by atoms with E-state index >= 15 is 0 Å². The van der Waals surface area contributed by atoms with Crippen molar-refractivity contribution in [3.8, 4) is 0 Å². The third kappa shape index (κ3) is 4.78. The number of carbonyl (C=O) groups excluding carboxylic acids is 2. The van der Waals surface area contributed by atoms with Crippen LogP contribution in [0, 0.1) is 18.7 Å². The fourth-order valence-corrected chi connectivity index (χ4v) is 3.54. The van der Waals surface area contributed by atoms with Crippen molar-refractivity contribution in [3.05, 3.63) is 71.0 Å². The Morgan fingerprint density at radius 3 is 2.52 bits per heavy atom. The first kappa shape index (κ1) is 22.5. The Kier molecular flexibility index (Phi) is 6.77. The maximum atomic E-state index is 14.3. The van der Waals surface area contributed by atoms with Gasteiger partial charge < -0.3 is 5.32 Å². The van der Waals surface area contributed by atoms with Gasteiger partial charge in [0.05, 0.1) is 23.7 Å². The van der Waals surface area contributed by atoms with Crippen LogP contribution in [0.25, 0.3) is 0 Å². The molecule has 0 aliphatic carbocycles. The van der Waals surface area contributed by atoms with Crippen molar-refractivity contribution in [2.24, 2.45) is 11.0 Å². The van der Waals surface area contributed by atoms with Gasteiger partial charge in [0.15, 0.2) is 0 Å². The molecule has 1 N–H and O–H groups in total. The van der Waals surface area contributed by atoms with Gasteiger partial charge in [-0.3, -0.25) is 9.59 Å². The number of aryl methyl sites for hydroxylation is 1. The van der Waals surface area contributed by atoms with Crippen LogP contribution in [0.1, 0.15) is 36.5 Å². The van der Waals surface area contributed by atoms with E-state index in [-0.39, 0.29) is 18.9 Å². The summed E-state index contributed by atoms with van der Waals surface area (Å²) in [4.78, 5) is 24.8. The number of halogens is 3. The first-order valence-corrected chi connectivity index (χ1v) is 10.1. The van der Waals surface area contributed by atoms with Crippen molar-refractivity contribution in [3.63, 3.8) is 0 Å². The van der Waals surface area contributed by atoms with Crippen LogP contribution in [0.5, 0.6) is 0 Å². The fraction of sp³-hybridized carbons (Fsp3) is 0.348. The van der Waals surface area contributed by atoms with Gasteiger partial charge in [0, 0.05) is 6.54 Å². The summed E-state index contributed by atoms with van der Waals surface area (Å²) < 4.78 is 42.3. The van der Waals surface area contributed by atoms with E-state index in [0.29, 0.717) is 18.7 Å². The van der Waals surface area contributed by atoms with Crippen LogP contribution in [0.4, 0.5) is 13.2 Å². The summed E-state index contributed by atoms with van der Waals surface area (Å²) in [7, 11) is 0. The van der Waals surface area contributed by atoms with Crippen molar-refractivity contribution in [2.45, 2.75) is 39.2 Å². The lowest BCUT2D eigenvalue weighted by Gasteiger charge is -2.18.